The molecule has 1 aromatic heterocycles. The van der Waals surface area contributed by atoms with E-state index in [-0.39, 0.29) is 11.4 Å². The molecule has 8 rings (SSSR count). The Kier molecular flexibility index (Phi) is 6.03. The topological polar surface area (TPSA) is 85.8 Å². The molecule has 0 saturated carbocycles. The molecule has 0 bridgehead atoms. The molecule has 42 heavy (non-hydrogen) atoms. The molecule has 1 aliphatic heterocycles. The third-order valence-electron chi connectivity index (χ3n) is 7.82. The van der Waals surface area contributed by atoms with E-state index in [2.05, 4.69) is 83.3 Å². The molecule has 0 saturated heterocycles. The first-order valence-electron chi connectivity index (χ1n) is 13.9. The summed E-state index contributed by atoms with van der Waals surface area (Å²) >= 11 is 0. The quantitative estimate of drug-likeness (QED) is 0.207. The summed E-state index contributed by atoms with van der Waals surface area (Å²) in [4.78, 5) is 11.0. The van der Waals surface area contributed by atoms with Crippen molar-refractivity contribution in [2.24, 2.45) is 0 Å². The Morgan fingerprint density at radius 3 is 2.31 bits per heavy atom. The van der Waals surface area contributed by atoms with Gasteiger partial charge in [0.25, 0.3) is 0 Å². The van der Waals surface area contributed by atoms with Crippen LogP contribution in [0.15, 0.2) is 102 Å². The number of fused-ring (bicyclic) bond motifs is 4. The van der Waals surface area contributed by atoms with Gasteiger partial charge < -0.3 is 9.64 Å². The van der Waals surface area contributed by atoms with E-state index in [1.165, 1.54) is 16.8 Å². The lowest BCUT2D eigenvalue weighted by Crippen LogP contribution is -2.24. The molecule has 6 nitrogen and oxygen atoms in total. The standard InChI is InChI=1S/C19H17NO.C17H8N4/c1-14-7-6-8-15(13-14)20-16-9-2-4-11-18(16)21-19-12-5-3-10-17(19)20;1-9-5-6-12-15-10(9)3-2-4-11(15)16-17(12)21-14(8-19)13(7-18)20-16/h2-4,6-11,13H,5,12H2,1H3;2-6H,1H3. The van der Waals surface area contributed by atoms with Crippen molar-refractivity contribution in [1.29, 1.82) is 10.5 Å². The highest BCUT2D eigenvalue weighted by molar-refractivity contribution is 6.14. The Morgan fingerprint density at radius 2 is 1.55 bits per heavy atom. The number of anilines is 2. The van der Waals surface area contributed by atoms with Crippen LogP contribution in [0.3, 0.4) is 0 Å². The molecule has 0 amide bonds. The normalized spacial score (nSPS) is 13.7. The molecule has 2 aliphatic carbocycles. The third-order valence-corrected chi connectivity index (χ3v) is 7.82. The number of benzene rings is 4. The van der Waals surface area contributed by atoms with E-state index < -0.39 is 0 Å². The molecule has 0 unspecified atom stereocenters. The highest BCUT2D eigenvalue weighted by Gasteiger charge is 2.28. The molecule has 0 N–H and O–H groups in total. The molecule has 0 atom stereocenters. The molecule has 0 spiro atoms. The van der Waals surface area contributed by atoms with E-state index in [1.54, 1.807) is 0 Å². The summed E-state index contributed by atoms with van der Waals surface area (Å²) in [7, 11) is 0. The van der Waals surface area contributed by atoms with Crippen LogP contribution in [0.5, 0.6) is 5.75 Å². The summed E-state index contributed by atoms with van der Waals surface area (Å²) in [5, 5.41) is 20.5. The number of nitriles is 2. The summed E-state index contributed by atoms with van der Waals surface area (Å²) < 4.78 is 6.10. The smallest absolute Gasteiger partial charge is 0.177 e. The number of aromatic nitrogens is 2. The minimum Gasteiger partial charge on any atom is -0.457 e. The number of ether oxygens (including phenoxy) is 1. The zero-order valence-electron chi connectivity index (χ0n) is 23.2. The van der Waals surface area contributed by atoms with Crippen LogP contribution in [0, 0.1) is 36.5 Å². The Labute approximate surface area is 244 Å². The van der Waals surface area contributed by atoms with Gasteiger partial charge in [0.05, 0.1) is 22.8 Å². The first kappa shape index (κ1) is 25.3. The molecule has 0 fully saturated rings. The van der Waals surface area contributed by atoms with E-state index in [4.69, 9.17) is 15.3 Å². The molecule has 0 radical (unpaired) electrons. The highest BCUT2D eigenvalue weighted by atomic mass is 16.5. The van der Waals surface area contributed by atoms with Crippen LogP contribution in [0.25, 0.3) is 33.3 Å². The van der Waals surface area contributed by atoms with Crippen LogP contribution in [0.1, 0.15) is 35.4 Å². The van der Waals surface area contributed by atoms with Gasteiger partial charge in [-0.2, -0.15) is 10.5 Å². The Bertz CT molecular complexity index is 2030. The van der Waals surface area contributed by atoms with Crippen molar-refractivity contribution in [3.8, 4) is 40.4 Å². The largest absolute Gasteiger partial charge is 0.457 e. The van der Waals surface area contributed by atoms with E-state index in [0.29, 0.717) is 11.4 Å². The fraction of sp³-hybridized carbons (Fsp3) is 0.111. The second kappa shape index (κ2) is 10.0. The molecule has 4 aromatic carbocycles. The van der Waals surface area contributed by atoms with Crippen LogP contribution in [0.4, 0.5) is 11.4 Å². The number of nitrogens with zero attached hydrogens (tertiary/aromatic N) is 5. The van der Waals surface area contributed by atoms with Crippen LogP contribution in [-0.4, -0.2) is 9.97 Å². The minimum absolute atomic E-state index is 0.0813. The predicted octanol–water partition coefficient (Wildman–Crippen LogP) is 8.42. The Morgan fingerprint density at radius 1 is 0.810 bits per heavy atom. The number of rotatable bonds is 1. The lowest BCUT2D eigenvalue weighted by atomic mass is 10.0. The molecular weight excluding hydrogens is 518 g/mol. The highest BCUT2D eigenvalue weighted by Crippen LogP contribution is 2.46. The van der Waals surface area contributed by atoms with Gasteiger partial charge in [-0.3, -0.25) is 0 Å². The summed E-state index contributed by atoms with van der Waals surface area (Å²) in [5.74, 6) is 2.01. The van der Waals surface area contributed by atoms with Crippen LogP contribution < -0.4 is 9.64 Å². The van der Waals surface area contributed by atoms with Crippen molar-refractivity contribution in [2.75, 3.05) is 4.90 Å². The average Bonchev–Trinajstić information content (AvgIpc) is 3.34. The van der Waals surface area contributed by atoms with E-state index >= 15 is 0 Å². The van der Waals surface area contributed by atoms with Crippen molar-refractivity contribution in [1.82, 2.24) is 9.97 Å². The second-order valence-corrected chi connectivity index (χ2v) is 10.5. The van der Waals surface area contributed by atoms with Gasteiger partial charge in [0.15, 0.2) is 17.1 Å². The zero-order chi connectivity index (χ0) is 28.8. The zero-order valence-corrected chi connectivity index (χ0v) is 23.2. The number of allylic oxidation sites excluding steroid dienone is 3. The maximum Gasteiger partial charge on any atom is 0.177 e. The summed E-state index contributed by atoms with van der Waals surface area (Å²) in [6.45, 7) is 4.19. The van der Waals surface area contributed by atoms with Gasteiger partial charge in [0.1, 0.15) is 17.9 Å². The van der Waals surface area contributed by atoms with Crippen molar-refractivity contribution >= 4 is 22.1 Å². The molecule has 6 heteroatoms. The van der Waals surface area contributed by atoms with Crippen molar-refractivity contribution in [2.45, 2.75) is 26.7 Å². The minimum atomic E-state index is 0.0813. The van der Waals surface area contributed by atoms with Gasteiger partial charge in [-0.15, -0.1) is 0 Å². The van der Waals surface area contributed by atoms with Gasteiger partial charge in [-0.25, -0.2) is 9.97 Å². The predicted molar refractivity (Wildman–Crippen MR) is 164 cm³/mol. The monoisotopic (exact) mass is 543 g/mol. The van der Waals surface area contributed by atoms with E-state index in [0.717, 1.165) is 57.6 Å². The Hall–Kier alpha value is -5.72. The maximum absolute atomic E-state index is 9.13. The Balaban J connectivity index is 0.000000137. The van der Waals surface area contributed by atoms with E-state index in [1.807, 2.05) is 48.5 Å². The lowest BCUT2D eigenvalue weighted by molar-refractivity contribution is 0.388. The van der Waals surface area contributed by atoms with Crippen LogP contribution >= 0.6 is 0 Å². The van der Waals surface area contributed by atoms with Crippen molar-refractivity contribution < 1.29 is 4.74 Å². The van der Waals surface area contributed by atoms with E-state index in [9.17, 15) is 0 Å². The fourth-order valence-corrected chi connectivity index (χ4v) is 5.88. The van der Waals surface area contributed by atoms with Gasteiger partial charge >= 0.3 is 0 Å². The molecule has 2 heterocycles. The second-order valence-electron chi connectivity index (χ2n) is 10.5. The number of para-hydroxylation sites is 2. The number of hydrogen-bond acceptors (Lipinski definition) is 6. The maximum atomic E-state index is 9.13. The van der Waals surface area contributed by atoms with Gasteiger partial charge in [0.2, 0.25) is 0 Å². The first-order chi connectivity index (χ1) is 20.6. The lowest BCUT2D eigenvalue weighted by Gasteiger charge is -2.35. The molecule has 200 valence electrons. The SMILES string of the molecule is Cc1ccc2c3c(cccc13)-c1nc(C#N)c(C#N)nc1-2.Cc1cccc(N2C3=C(CCC=C3)Oc3ccccc32)c1. The summed E-state index contributed by atoms with van der Waals surface area (Å²) in [5.41, 5.74) is 9.40. The number of aryl methyl sites for hydroxylation is 2. The van der Waals surface area contributed by atoms with Gasteiger partial charge in [0, 0.05) is 28.6 Å². The van der Waals surface area contributed by atoms with Crippen molar-refractivity contribution in [3.05, 3.63) is 125 Å². The van der Waals surface area contributed by atoms with Gasteiger partial charge in [-0.05, 0) is 67.1 Å². The molecule has 3 aliphatic rings. The first-order valence-corrected chi connectivity index (χ1v) is 13.9. The number of hydrogen-bond donors (Lipinski definition) is 0. The average molecular weight is 544 g/mol. The molecule has 5 aromatic rings. The summed E-state index contributed by atoms with van der Waals surface area (Å²) in [6.07, 6.45) is 6.40. The fourth-order valence-electron chi connectivity index (χ4n) is 5.88. The van der Waals surface area contributed by atoms with Crippen LogP contribution in [-0.2, 0) is 0 Å². The summed E-state index contributed by atoms with van der Waals surface area (Å²) in [6, 6.07) is 30.8. The van der Waals surface area contributed by atoms with Crippen molar-refractivity contribution in [3.63, 3.8) is 0 Å². The third kappa shape index (κ3) is 4.01. The molecular formula is C36H25N5O. The van der Waals surface area contributed by atoms with Crippen LogP contribution in [0.2, 0.25) is 0 Å². The van der Waals surface area contributed by atoms with Gasteiger partial charge in [-0.1, -0.05) is 60.7 Å².